The lowest BCUT2D eigenvalue weighted by Crippen LogP contribution is -2.52. The standard InChI is InChI=1S/C18H26BrN3O3S/c1-2-20-10-12-21(13-11-20)18(23)15-4-3-9-22(14-15)26(24,25)17-7-5-16(19)6-8-17/h5-8,15H,2-4,9-14H2,1H3/t15-/m1/s1. The van der Waals surface area contributed by atoms with Gasteiger partial charge < -0.3 is 9.80 Å². The summed E-state index contributed by atoms with van der Waals surface area (Å²) < 4.78 is 28.1. The van der Waals surface area contributed by atoms with E-state index in [4.69, 9.17) is 0 Å². The molecule has 0 aliphatic carbocycles. The number of rotatable bonds is 4. The number of benzene rings is 1. The fraction of sp³-hybridized carbons (Fsp3) is 0.611. The minimum absolute atomic E-state index is 0.108. The zero-order chi connectivity index (χ0) is 18.7. The van der Waals surface area contributed by atoms with Gasteiger partial charge in [-0.25, -0.2) is 8.42 Å². The Morgan fingerprint density at radius 2 is 1.77 bits per heavy atom. The van der Waals surface area contributed by atoms with Crippen LogP contribution in [0.15, 0.2) is 33.6 Å². The highest BCUT2D eigenvalue weighted by atomic mass is 79.9. The molecule has 0 unspecified atom stereocenters. The van der Waals surface area contributed by atoms with Gasteiger partial charge in [0.1, 0.15) is 0 Å². The van der Waals surface area contributed by atoms with Crippen LogP contribution in [-0.4, -0.2) is 74.2 Å². The molecule has 8 heteroatoms. The summed E-state index contributed by atoms with van der Waals surface area (Å²) in [5.41, 5.74) is 0. The van der Waals surface area contributed by atoms with Crippen LogP contribution < -0.4 is 0 Å². The van der Waals surface area contributed by atoms with Crippen molar-refractivity contribution >= 4 is 31.9 Å². The molecule has 0 N–H and O–H groups in total. The molecule has 26 heavy (non-hydrogen) atoms. The fourth-order valence-corrected chi connectivity index (χ4v) is 5.45. The number of likely N-dealkylation sites (N-methyl/N-ethyl adjacent to an activating group) is 1. The largest absolute Gasteiger partial charge is 0.340 e. The van der Waals surface area contributed by atoms with Gasteiger partial charge in [0.2, 0.25) is 15.9 Å². The number of piperazine rings is 1. The van der Waals surface area contributed by atoms with E-state index in [-0.39, 0.29) is 23.3 Å². The zero-order valence-electron chi connectivity index (χ0n) is 15.1. The van der Waals surface area contributed by atoms with Gasteiger partial charge >= 0.3 is 0 Å². The van der Waals surface area contributed by atoms with Gasteiger partial charge in [-0.3, -0.25) is 4.79 Å². The van der Waals surface area contributed by atoms with Crippen LogP contribution in [0.25, 0.3) is 0 Å². The molecular formula is C18H26BrN3O3S. The molecular weight excluding hydrogens is 418 g/mol. The maximum atomic E-state index is 12.9. The third kappa shape index (κ3) is 4.30. The van der Waals surface area contributed by atoms with Gasteiger partial charge in [0, 0.05) is 43.7 Å². The molecule has 1 aromatic carbocycles. The highest BCUT2D eigenvalue weighted by Crippen LogP contribution is 2.26. The molecule has 0 saturated carbocycles. The number of halogens is 1. The van der Waals surface area contributed by atoms with Crippen LogP contribution in [0.4, 0.5) is 0 Å². The van der Waals surface area contributed by atoms with Crippen molar-refractivity contribution in [1.29, 1.82) is 0 Å². The molecule has 6 nitrogen and oxygen atoms in total. The average Bonchev–Trinajstić information content (AvgIpc) is 2.68. The highest BCUT2D eigenvalue weighted by Gasteiger charge is 2.35. The van der Waals surface area contributed by atoms with Crippen LogP contribution in [0, 0.1) is 5.92 Å². The molecule has 0 aromatic heterocycles. The topological polar surface area (TPSA) is 60.9 Å². The maximum absolute atomic E-state index is 12.9. The minimum Gasteiger partial charge on any atom is -0.340 e. The molecule has 2 saturated heterocycles. The lowest BCUT2D eigenvalue weighted by atomic mass is 9.98. The Morgan fingerprint density at radius 3 is 2.38 bits per heavy atom. The molecule has 0 bridgehead atoms. The maximum Gasteiger partial charge on any atom is 0.243 e. The molecule has 2 heterocycles. The van der Waals surface area contributed by atoms with Crippen LogP contribution in [0.2, 0.25) is 0 Å². The fourth-order valence-electron chi connectivity index (χ4n) is 3.66. The van der Waals surface area contributed by atoms with Gasteiger partial charge in [0.25, 0.3) is 0 Å². The summed E-state index contributed by atoms with van der Waals surface area (Å²) in [5.74, 6) is -0.126. The quantitative estimate of drug-likeness (QED) is 0.713. The first-order chi connectivity index (χ1) is 12.4. The normalized spacial score (nSPS) is 23.2. The van der Waals surface area contributed by atoms with Gasteiger partial charge in [0.05, 0.1) is 10.8 Å². The number of nitrogens with zero attached hydrogens (tertiary/aromatic N) is 3. The van der Waals surface area contributed by atoms with E-state index in [1.165, 1.54) is 4.31 Å². The second-order valence-electron chi connectivity index (χ2n) is 6.92. The van der Waals surface area contributed by atoms with Crippen LogP contribution in [0.3, 0.4) is 0 Å². The highest BCUT2D eigenvalue weighted by molar-refractivity contribution is 9.10. The summed E-state index contributed by atoms with van der Waals surface area (Å²) in [4.78, 5) is 17.4. The first-order valence-electron chi connectivity index (χ1n) is 9.18. The second kappa shape index (κ2) is 8.37. The van der Waals surface area contributed by atoms with E-state index < -0.39 is 10.0 Å². The van der Waals surface area contributed by atoms with Crippen molar-refractivity contribution in [2.45, 2.75) is 24.7 Å². The Balaban J connectivity index is 1.67. The number of amides is 1. The van der Waals surface area contributed by atoms with Crippen molar-refractivity contribution in [3.63, 3.8) is 0 Å². The van der Waals surface area contributed by atoms with Crippen LogP contribution in [0.5, 0.6) is 0 Å². The number of piperidine rings is 1. The monoisotopic (exact) mass is 443 g/mol. The molecule has 1 atom stereocenters. The molecule has 0 spiro atoms. The Bertz CT molecular complexity index is 731. The van der Waals surface area contributed by atoms with E-state index >= 15 is 0 Å². The van der Waals surface area contributed by atoms with Crippen LogP contribution in [0.1, 0.15) is 19.8 Å². The van der Waals surface area contributed by atoms with Gasteiger partial charge in [-0.1, -0.05) is 22.9 Å². The number of carbonyl (C=O) groups excluding carboxylic acids is 1. The van der Waals surface area contributed by atoms with Gasteiger partial charge in [0.15, 0.2) is 0 Å². The predicted molar refractivity (Wildman–Crippen MR) is 104 cm³/mol. The summed E-state index contributed by atoms with van der Waals surface area (Å²) in [6, 6.07) is 6.67. The summed E-state index contributed by atoms with van der Waals surface area (Å²) in [5, 5.41) is 0. The molecule has 2 aliphatic rings. The van der Waals surface area contributed by atoms with E-state index in [0.717, 1.165) is 50.0 Å². The third-order valence-corrected chi connectivity index (χ3v) is 7.72. The van der Waals surface area contributed by atoms with Crippen molar-refractivity contribution in [3.05, 3.63) is 28.7 Å². The van der Waals surface area contributed by atoms with Crippen molar-refractivity contribution in [3.8, 4) is 0 Å². The summed E-state index contributed by atoms with van der Waals surface area (Å²) in [6.07, 6.45) is 1.49. The number of hydrogen-bond acceptors (Lipinski definition) is 4. The van der Waals surface area contributed by atoms with E-state index in [1.807, 2.05) is 4.90 Å². The minimum atomic E-state index is -3.56. The Hall–Kier alpha value is -0.960. The van der Waals surface area contributed by atoms with Crippen LogP contribution >= 0.6 is 15.9 Å². The molecule has 1 amide bonds. The van der Waals surface area contributed by atoms with E-state index in [2.05, 4.69) is 27.8 Å². The van der Waals surface area contributed by atoms with Gasteiger partial charge in [-0.2, -0.15) is 4.31 Å². The molecule has 3 rings (SSSR count). The smallest absolute Gasteiger partial charge is 0.243 e. The Morgan fingerprint density at radius 1 is 1.12 bits per heavy atom. The van der Waals surface area contributed by atoms with E-state index in [1.54, 1.807) is 24.3 Å². The van der Waals surface area contributed by atoms with Crippen molar-refractivity contribution < 1.29 is 13.2 Å². The molecule has 144 valence electrons. The van der Waals surface area contributed by atoms with E-state index in [0.29, 0.717) is 6.54 Å². The first-order valence-corrected chi connectivity index (χ1v) is 11.4. The van der Waals surface area contributed by atoms with Crippen LogP contribution in [-0.2, 0) is 14.8 Å². The number of hydrogen-bond donors (Lipinski definition) is 0. The number of sulfonamides is 1. The summed E-state index contributed by atoms with van der Waals surface area (Å²) in [7, 11) is -3.56. The second-order valence-corrected chi connectivity index (χ2v) is 9.77. The molecule has 1 aromatic rings. The predicted octanol–water partition coefficient (Wildman–Crippen LogP) is 2.01. The van der Waals surface area contributed by atoms with Gasteiger partial charge in [-0.15, -0.1) is 0 Å². The van der Waals surface area contributed by atoms with Crippen molar-refractivity contribution in [2.24, 2.45) is 5.92 Å². The van der Waals surface area contributed by atoms with Crippen molar-refractivity contribution in [1.82, 2.24) is 14.1 Å². The third-order valence-electron chi connectivity index (χ3n) is 5.32. The Kier molecular flexibility index (Phi) is 6.37. The van der Waals surface area contributed by atoms with Gasteiger partial charge in [-0.05, 0) is 43.7 Å². The lowest BCUT2D eigenvalue weighted by Gasteiger charge is -2.38. The lowest BCUT2D eigenvalue weighted by molar-refractivity contribution is -0.138. The van der Waals surface area contributed by atoms with E-state index in [9.17, 15) is 13.2 Å². The first kappa shape index (κ1) is 19.8. The summed E-state index contributed by atoms with van der Waals surface area (Å²) >= 11 is 3.33. The zero-order valence-corrected chi connectivity index (χ0v) is 17.5. The number of carbonyl (C=O) groups is 1. The molecule has 0 radical (unpaired) electrons. The van der Waals surface area contributed by atoms with Crippen molar-refractivity contribution in [2.75, 3.05) is 45.8 Å². The SMILES string of the molecule is CCN1CCN(C(=O)[C@@H]2CCCN(S(=O)(=O)c3ccc(Br)cc3)C2)CC1. The summed E-state index contributed by atoms with van der Waals surface area (Å²) in [6.45, 7) is 7.17. The molecule has 2 aliphatic heterocycles. The molecule has 2 fully saturated rings. The average molecular weight is 444 g/mol. The Labute approximate surface area is 164 Å².